The lowest BCUT2D eigenvalue weighted by molar-refractivity contribution is 0.0943. The lowest BCUT2D eigenvalue weighted by Gasteiger charge is -2.33. The van der Waals surface area contributed by atoms with Crippen molar-refractivity contribution in [2.24, 2.45) is 0 Å². The molecule has 3 rings (SSSR count). The van der Waals surface area contributed by atoms with Crippen LogP contribution >= 0.6 is 11.3 Å². The van der Waals surface area contributed by atoms with Gasteiger partial charge in [-0.05, 0) is 44.9 Å². The topological polar surface area (TPSA) is 92.8 Å². The van der Waals surface area contributed by atoms with Gasteiger partial charge in [-0.15, -0.1) is 11.3 Å². The number of rotatable bonds is 9. The van der Waals surface area contributed by atoms with Gasteiger partial charge in [0.15, 0.2) is 5.13 Å². The van der Waals surface area contributed by atoms with Crippen LogP contribution in [0.25, 0.3) is 0 Å². The predicted octanol–water partition coefficient (Wildman–Crippen LogP) is 3.41. The number of anilines is 1. The summed E-state index contributed by atoms with van der Waals surface area (Å²) in [6.45, 7) is 5.00. The number of carbonyl (C=O) groups excluding carboxylic acids is 2. The highest BCUT2D eigenvalue weighted by Crippen LogP contribution is 2.24. The monoisotopic (exact) mass is 446 g/mol. The molecular weight excluding hydrogens is 416 g/mol. The van der Waals surface area contributed by atoms with Crippen molar-refractivity contribution in [2.75, 3.05) is 39.2 Å². The van der Waals surface area contributed by atoms with Crippen molar-refractivity contribution in [3.8, 4) is 11.5 Å². The quantitative estimate of drug-likeness (QED) is 0.574. The number of hydrogen-bond acceptors (Lipinski definition) is 7. The minimum atomic E-state index is -0.353. The van der Waals surface area contributed by atoms with Crippen LogP contribution in [0, 0.1) is 0 Å². The van der Waals surface area contributed by atoms with Gasteiger partial charge in [-0.2, -0.15) is 0 Å². The zero-order chi connectivity index (χ0) is 22.2. The highest BCUT2D eigenvalue weighted by molar-refractivity contribution is 7.14. The first-order chi connectivity index (χ1) is 15.0. The minimum Gasteiger partial charge on any atom is -0.497 e. The summed E-state index contributed by atoms with van der Waals surface area (Å²) in [5.41, 5.74) is 0.680. The molecule has 1 aromatic heterocycles. The van der Waals surface area contributed by atoms with Crippen LogP contribution in [0.5, 0.6) is 11.5 Å². The number of nitrogens with zero attached hydrogens (tertiary/aromatic N) is 2. The normalized spacial score (nSPS) is 16.5. The molecule has 1 saturated heterocycles. The molecular formula is C22H30N4O4S. The molecule has 2 heterocycles. The van der Waals surface area contributed by atoms with Crippen LogP contribution in [0.3, 0.4) is 0 Å². The van der Waals surface area contributed by atoms with E-state index in [2.05, 4.69) is 27.4 Å². The Kier molecular flexibility index (Phi) is 8.25. The van der Waals surface area contributed by atoms with Crippen LogP contribution in [-0.2, 0) is 0 Å². The van der Waals surface area contributed by atoms with Gasteiger partial charge in [-0.3, -0.25) is 14.9 Å². The number of likely N-dealkylation sites (tertiary alicyclic amines) is 1. The number of ether oxygens (including phenoxy) is 2. The lowest BCUT2D eigenvalue weighted by atomic mass is 10.0. The van der Waals surface area contributed by atoms with E-state index in [-0.39, 0.29) is 11.8 Å². The van der Waals surface area contributed by atoms with Crippen molar-refractivity contribution in [2.45, 2.75) is 38.6 Å². The predicted molar refractivity (Wildman–Crippen MR) is 121 cm³/mol. The first kappa shape index (κ1) is 23.0. The molecule has 1 aromatic carbocycles. The molecule has 0 unspecified atom stereocenters. The maximum absolute atomic E-state index is 12.6. The molecule has 1 aliphatic rings. The molecule has 9 heteroatoms. The molecule has 1 fully saturated rings. The Morgan fingerprint density at radius 1 is 1.16 bits per heavy atom. The Hall–Kier alpha value is -2.65. The highest BCUT2D eigenvalue weighted by Gasteiger charge is 2.18. The van der Waals surface area contributed by atoms with Gasteiger partial charge >= 0.3 is 0 Å². The van der Waals surface area contributed by atoms with Crippen molar-refractivity contribution in [1.29, 1.82) is 0 Å². The summed E-state index contributed by atoms with van der Waals surface area (Å²) in [4.78, 5) is 31.7. The number of amides is 2. The average molecular weight is 447 g/mol. The van der Waals surface area contributed by atoms with E-state index in [0.717, 1.165) is 19.5 Å². The number of carbonyl (C=O) groups is 2. The maximum Gasteiger partial charge on any atom is 0.270 e. The van der Waals surface area contributed by atoms with Crippen LogP contribution in [-0.4, -0.2) is 61.6 Å². The second-order valence-corrected chi connectivity index (χ2v) is 8.44. The van der Waals surface area contributed by atoms with Gasteiger partial charge in [0, 0.05) is 36.1 Å². The van der Waals surface area contributed by atoms with Gasteiger partial charge in [0.05, 0.1) is 14.2 Å². The summed E-state index contributed by atoms with van der Waals surface area (Å²) in [5, 5.41) is 7.64. The van der Waals surface area contributed by atoms with Crippen molar-refractivity contribution in [3.05, 3.63) is 34.8 Å². The Labute approximate surface area is 186 Å². The summed E-state index contributed by atoms with van der Waals surface area (Å²) in [6, 6.07) is 5.54. The van der Waals surface area contributed by atoms with Crippen molar-refractivity contribution in [1.82, 2.24) is 15.2 Å². The number of hydrogen-bond donors (Lipinski definition) is 2. The molecule has 168 valence electrons. The first-order valence-corrected chi connectivity index (χ1v) is 11.4. The summed E-state index contributed by atoms with van der Waals surface area (Å²) >= 11 is 1.21. The SMILES string of the molecule is COc1cc(OC)cc(C(=O)Nc2nc(C(=O)NCCCN3CCCC[C@@H]3C)cs2)c1. The standard InChI is InChI=1S/C22H30N4O4S/c1-15-7-4-5-9-26(15)10-6-8-23-21(28)19-14-31-22(24-19)25-20(27)16-11-17(29-2)13-18(12-16)30-3/h11-15H,4-10H2,1-3H3,(H,23,28)(H,24,25,27)/t15-/m0/s1. The van der Waals surface area contributed by atoms with Crippen LogP contribution in [0.2, 0.25) is 0 Å². The summed E-state index contributed by atoms with van der Waals surface area (Å²) < 4.78 is 10.4. The fraction of sp³-hybridized carbons (Fsp3) is 0.500. The molecule has 0 spiro atoms. The third-order valence-electron chi connectivity index (χ3n) is 5.42. The number of aromatic nitrogens is 1. The van der Waals surface area contributed by atoms with Gasteiger partial charge in [0.25, 0.3) is 11.8 Å². The third-order valence-corrected chi connectivity index (χ3v) is 6.18. The van der Waals surface area contributed by atoms with Crippen molar-refractivity contribution < 1.29 is 19.1 Å². The zero-order valence-electron chi connectivity index (χ0n) is 18.3. The number of nitrogens with one attached hydrogen (secondary N) is 2. The molecule has 1 atom stereocenters. The van der Waals surface area contributed by atoms with E-state index in [0.29, 0.717) is 40.5 Å². The zero-order valence-corrected chi connectivity index (χ0v) is 19.1. The van der Waals surface area contributed by atoms with Gasteiger partial charge in [0.2, 0.25) is 0 Å². The number of methoxy groups -OCH3 is 2. The van der Waals surface area contributed by atoms with Crippen LogP contribution in [0.15, 0.2) is 23.6 Å². The Balaban J connectivity index is 1.49. The molecule has 0 aliphatic carbocycles. The molecule has 0 bridgehead atoms. The average Bonchev–Trinajstić information content (AvgIpc) is 3.25. The fourth-order valence-electron chi connectivity index (χ4n) is 3.61. The Bertz CT molecular complexity index is 879. The summed E-state index contributed by atoms with van der Waals surface area (Å²) in [6.07, 6.45) is 4.72. The molecule has 2 amide bonds. The second-order valence-electron chi connectivity index (χ2n) is 7.58. The van der Waals surface area contributed by atoms with Gasteiger partial charge < -0.3 is 19.7 Å². The molecule has 0 radical (unpaired) electrons. The summed E-state index contributed by atoms with van der Waals surface area (Å²) in [7, 11) is 3.05. The van der Waals surface area contributed by atoms with E-state index < -0.39 is 0 Å². The van der Waals surface area contributed by atoms with E-state index in [1.54, 1.807) is 23.6 Å². The van der Waals surface area contributed by atoms with E-state index in [9.17, 15) is 9.59 Å². The largest absolute Gasteiger partial charge is 0.497 e. The number of thiazole rings is 1. The third kappa shape index (κ3) is 6.41. The van der Waals surface area contributed by atoms with E-state index >= 15 is 0 Å². The Morgan fingerprint density at radius 3 is 2.58 bits per heavy atom. The fourth-order valence-corrected chi connectivity index (χ4v) is 4.29. The maximum atomic E-state index is 12.6. The van der Waals surface area contributed by atoms with Crippen LogP contribution in [0.1, 0.15) is 53.5 Å². The minimum absolute atomic E-state index is 0.230. The highest BCUT2D eigenvalue weighted by atomic mass is 32.1. The van der Waals surface area contributed by atoms with Crippen LogP contribution < -0.4 is 20.1 Å². The molecule has 0 saturated carbocycles. The molecule has 2 aromatic rings. The Morgan fingerprint density at radius 2 is 1.90 bits per heavy atom. The number of piperidine rings is 1. The molecule has 2 N–H and O–H groups in total. The molecule has 8 nitrogen and oxygen atoms in total. The first-order valence-electron chi connectivity index (χ1n) is 10.5. The molecule has 1 aliphatic heterocycles. The van der Waals surface area contributed by atoms with Crippen molar-refractivity contribution in [3.63, 3.8) is 0 Å². The number of benzene rings is 1. The van der Waals surface area contributed by atoms with Gasteiger partial charge in [0.1, 0.15) is 17.2 Å². The second kappa shape index (κ2) is 11.1. The smallest absolute Gasteiger partial charge is 0.270 e. The van der Waals surface area contributed by atoms with Crippen molar-refractivity contribution >= 4 is 28.3 Å². The van der Waals surface area contributed by atoms with Crippen LogP contribution in [0.4, 0.5) is 5.13 Å². The van der Waals surface area contributed by atoms with E-state index in [1.807, 2.05) is 0 Å². The van der Waals surface area contributed by atoms with Gasteiger partial charge in [-0.1, -0.05) is 6.42 Å². The molecule has 31 heavy (non-hydrogen) atoms. The van der Waals surface area contributed by atoms with E-state index in [1.165, 1.54) is 44.8 Å². The lowest BCUT2D eigenvalue weighted by Crippen LogP contribution is -2.39. The van der Waals surface area contributed by atoms with Gasteiger partial charge in [-0.25, -0.2) is 4.98 Å². The summed E-state index contributed by atoms with van der Waals surface area (Å²) in [5.74, 6) is 0.450. The van der Waals surface area contributed by atoms with E-state index in [4.69, 9.17) is 9.47 Å².